The van der Waals surface area contributed by atoms with Crippen molar-refractivity contribution in [3.8, 4) is 0 Å². The maximum Gasteiger partial charge on any atom is 0.319 e. The summed E-state index contributed by atoms with van der Waals surface area (Å²) in [6.45, 7) is 5.93. The van der Waals surface area contributed by atoms with Gasteiger partial charge in [0.1, 0.15) is 0 Å². The quantitative estimate of drug-likeness (QED) is 0.241. The molecule has 8 heteroatoms. The van der Waals surface area contributed by atoms with Crippen LogP contribution in [0.15, 0.2) is 78.9 Å². The van der Waals surface area contributed by atoms with Gasteiger partial charge in [0.05, 0.1) is 18.8 Å². The number of amides is 2. The third-order valence-corrected chi connectivity index (χ3v) is 11.6. The molecule has 254 valence electrons. The standard InChI is InChI=1S/C40H50N4O4/c45-27-29-9-11-33(12-10-29)37-21-36(26-44-15-13-43(14-16-44)25-28-5-2-1-3-6-28)47-38(48-37)34-7-4-8-35(20-34)41-39(46)42-40-22-30-17-31(23-40)19-32(18-30)24-40/h1-12,20,30-32,36-38,45H,13-19,21-27H2,(H2,41,42,46)/t30?,31?,32?,36-,37+,38+,40?/m0/s1. The van der Waals surface area contributed by atoms with E-state index in [-0.39, 0.29) is 30.4 Å². The van der Waals surface area contributed by atoms with Crippen molar-refractivity contribution in [3.05, 3.63) is 101 Å². The first-order chi connectivity index (χ1) is 23.5. The molecule has 4 bridgehead atoms. The van der Waals surface area contributed by atoms with Crippen molar-refractivity contribution in [2.24, 2.45) is 17.8 Å². The Balaban J connectivity index is 0.932. The molecule has 4 aliphatic carbocycles. The number of nitrogens with one attached hydrogen (secondary N) is 2. The van der Waals surface area contributed by atoms with Gasteiger partial charge >= 0.3 is 6.03 Å². The molecule has 3 N–H and O–H groups in total. The highest BCUT2D eigenvalue weighted by Gasteiger charge is 2.51. The van der Waals surface area contributed by atoms with Gasteiger partial charge in [-0.25, -0.2) is 4.79 Å². The fourth-order valence-electron chi connectivity index (χ4n) is 9.72. The van der Waals surface area contributed by atoms with Gasteiger partial charge in [-0.15, -0.1) is 0 Å². The third kappa shape index (κ3) is 7.33. The fourth-order valence-corrected chi connectivity index (χ4v) is 9.72. The Labute approximate surface area is 284 Å². The summed E-state index contributed by atoms with van der Waals surface area (Å²) >= 11 is 0. The zero-order valence-electron chi connectivity index (χ0n) is 27.9. The summed E-state index contributed by atoms with van der Waals surface area (Å²) in [6, 6.07) is 26.6. The van der Waals surface area contributed by atoms with Crippen molar-refractivity contribution in [3.63, 3.8) is 0 Å². The van der Waals surface area contributed by atoms with Crippen LogP contribution in [0.3, 0.4) is 0 Å². The van der Waals surface area contributed by atoms with Gasteiger partial charge in [0, 0.05) is 62.5 Å². The van der Waals surface area contributed by atoms with Crippen LogP contribution >= 0.6 is 0 Å². The number of urea groups is 1. The number of benzene rings is 3. The van der Waals surface area contributed by atoms with Crippen LogP contribution in [0.2, 0.25) is 0 Å². The van der Waals surface area contributed by atoms with Crippen molar-refractivity contribution >= 4 is 11.7 Å². The van der Waals surface area contributed by atoms with Gasteiger partial charge in [-0.2, -0.15) is 0 Å². The maximum atomic E-state index is 13.4. The molecule has 3 aromatic carbocycles. The molecule has 9 rings (SSSR count). The molecule has 0 spiro atoms. The summed E-state index contributed by atoms with van der Waals surface area (Å²) in [7, 11) is 0. The van der Waals surface area contributed by atoms with E-state index in [1.165, 1.54) is 24.8 Å². The number of hydrogen-bond acceptors (Lipinski definition) is 6. The topological polar surface area (TPSA) is 86.3 Å². The number of aliphatic hydroxyl groups is 1. The van der Waals surface area contributed by atoms with E-state index in [0.717, 1.165) is 105 Å². The summed E-state index contributed by atoms with van der Waals surface area (Å²) in [5.74, 6) is 2.33. The highest BCUT2D eigenvalue weighted by Crippen LogP contribution is 2.55. The van der Waals surface area contributed by atoms with Gasteiger partial charge in [0.25, 0.3) is 0 Å². The molecule has 0 unspecified atom stereocenters. The van der Waals surface area contributed by atoms with Crippen LogP contribution in [0, 0.1) is 17.8 Å². The van der Waals surface area contributed by atoms with Gasteiger partial charge in [-0.05, 0) is 85.1 Å². The fraction of sp³-hybridized carbons (Fsp3) is 0.525. The Morgan fingerprint density at radius 3 is 2.12 bits per heavy atom. The lowest BCUT2D eigenvalue weighted by Crippen LogP contribution is -2.60. The summed E-state index contributed by atoms with van der Waals surface area (Å²) < 4.78 is 13.3. The van der Waals surface area contributed by atoms with Gasteiger partial charge < -0.3 is 25.2 Å². The van der Waals surface area contributed by atoms with Crippen molar-refractivity contribution in [2.75, 3.05) is 38.0 Å². The molecular weight excluding hydrogens is 600 g/mol. The summed E-state index contributed by atoms with van der Waals surface area (Å²) in [5.41, 5.74) is 4.95. The Bertz CT molecular complexity index is 1510. The Morgan fingerprint density at radius 2 is 1.44 bits per heavy atom. The van der Waals surface area contributed by atoms with Gasteiger partial charge in [0.2, 0.25) is 0 Å². The third-order valence-electron chi connectivity index (χ3n) is 11.6. The first-order valence-corrected chi connectivity index (χ1v) is 18.2. The normalized spacial score (nSPS) is 31.9. The van der Waals surface area contributed by atoms with Crippen molar-refractivity contribution < 1.29 is 19.4 Å². The molecule has 3 atom stereocenters. The Kier molecular flexibility index (Phi) is 9.27. The number of anilines is 1. The molecule has 48 heavy (non-hydrogen) atoms. The second-order valence-corrected chi connectivity index (χ2v) is 15.3. The minimum absolute atomic E-state index is 0.0112. The summed E-state index contributed by atoms with van der Waals surface area (Å²) in [4.78, 5) is 18.4. The molecule has 0 radical (unpaired) electrons. The molecule has 0 aromatic heterocycles. The molecular formula is C40H50N4O4. The minimum Gasteiger partial charge on any atom is -0.392 e. The molecule has 8 nitrogen and oxygen atoms in total. The van der Waals surface area contributed by atoms with Crippen LogP contribution in [0.5, 0.6) is 0 Å². The molecule has 4 saturated carbocycles. The highest BCUT2D eigenvalue weighted by atomic mass is 16.7. The average Bonchev–Trinajstić information content (AvgIpc) is 3.09. The summed E-state index contributed by atoms with van der Waals surface area (Å²) in [5, 5.41) is 16.2. The highest BCUT2D eigenvalue weighted by molar-refractivity contribution is 5.90. The Hall–Kier alpha value is -3.27. The molecule has 2 saturated heterocycles. The SMILES string of the molecule is O=C(Nc1cccc([C@@H]2O[C@H](CN3CCN(Cc4ccccc4)CC3)C[C@H](c3ccc(CO)cc3)O2)c1)NC12CC3CC(CC(C3)C1)C2. The number of piperazine rings is 1. The number of carbonyl (C=O) groups excluding carboxylic acids is 1. The number of nitrogens with zero attached hydrogens (tertiary/aromatic N) is 2. The predicted molar refractivity (Wildman–Crippen MR) is 186 cm³/mol. The van der Waals surface area contributed by atoms with Gasteiger partial charge in [-0.3, -0.25) is 9.80 Å². The van der Waals surface area contributed by atoms with Gasteiger partial charge in [-0.1, -0.05) is 66.7 Å². The number of aliphatic hydroxyl groups excluding tert-OH is 1. The van der Waals surface area contributed by atoms with Crippen LogP contribution in [0.1, 0.15) is 79.6 Å². The first-order valence-electron chi connectivity index (χ1n) is 18.2. The zero-order chi connectivity index (χ0) is 32.5. The molecule has 2 aliphatic heterocycles. The smallest absolute Gasteiger partial charge is 0.319 e. The minimum atomic E-state index is -0.557. The van der Waals surface area contributed by atoms with Gasteiger partial charge in [0.15, 0.2) is 6.29 Å². The van der Waals surface area contributed by atoms with E-state index < -0.39 is 6.29 Å². The molecule has 2 amide bonds. The van der Waals surface area contributed by atoms with Crippen molar-refractivity contribution in [1.82, 2.24) is 15.1 Å². The number of ether oxygens (including phenoxy) is 2. The number of carbonyl (C=O) groups is 1. The second-order valence-electron chi connectivity index (χ2n) is 15.3. The van der Waals surface area contributed by atoms with Crippen LogP contribution in [-0.4, -0.2) is 65.3 Å². The number of rotatable bonds is 9. The lowest BCUT2D eigenvalue weighted by Gasteiger charge is -2.56. The van der Waals surface area contributed by atoms with Crippen LogP contribution < -0.4 is 10.6 Å². The van der Waals surface area contributed by atoms with E-state index in [9.17, 15) is 9.90 Å². The maximum absolute atomic E-state index is 13.4. The second kappa shape index (κ2) is 13.9. The average molecular weight is 651 g/mol. The lowest BCUT2D eigenvalue weighted by molar-refractivity contribution is -0.253. The summed E-state index contributed by atoms with van der Waals surface area (Å²) in [6.07, 6.45) is 7.47. The van der Waals surface area contributed by atoms with Crippen LogP contribution in [0.4, 0.5) is 10.5 Å². The van der Waals surface area contributed by atoms with E-state index in [0.29, 0.717) is 0 Å². The predicted octanol–water partition coefficient (Wildman–Crippen LogP) is 6.63. The van der Waals surface area contributed by atoms with Crippen LogP contribution in [0.25, 0.3) is 0 Å². The number of hydrogen-bond donors (Lipinski definition) is 3. The molecule has 3 aromatic rings. The van der Waals surface area contributed by atoms with Crippen molar-refractivity contribution in [1.29, 1.82) is 0 Å². The monoisotopic (exact) mass is 650 g/mol. The molecule has 6 fully saturated rings. The Morgan fingerprint density at radius 1 is 0.750 bits per heavy atom. The lowest BCUT2D eigenvalue weighted by atomic mass is 9.53. The van der Waals surface area contributed by atoms with E-state index in [2.05, 4.69) is 62.9 Å². The van der Waals surface area contributed by atoms with E-state index >= 15 is 0 Å². The van der Waals surface area contributed by atoms with E-state index in [1.54, 1.807) is 0 Å². The van der Waals surface area contributed by atoms with Crippen LogP contribution in [-0.2, 0) is 22.6 Å². The molecule has 2 heterocycles. The largest absolute Gasteiger partial charge is 0.392 e. The first kappa shape index (κ1) is 32.0. The molecule has 6 aliphatic rings. The van der Waals surface area contributed by atoms with E-state index in [1.807, 2.05) is 36.4 Å². The zero-order valence-corrected chi connectivity index (χ0v) is 27.9. The van der Waals surface area contributed by atoms with E-state index in [4.69, 9.17) is 9.47 Å². The van der Waals surface area contributed by atoms with Crippen molar-refractivity contribution in [2.45, 2.75) is 82.1 Å².